The number of aromatic carboxylic acids is 1. The Morgan fingerprint density at radius 2 is 1.44 bits per heavy atom. The fourth-order valence-corrected chi connectivity index (χ4v) is 7.56. The number of aromatic nitrogens is 1. The number of carboxylic acid groups (broad SMARTS) is 1. The molecular weight excluding hydrogens is 682 g/mol. The van der Waals surface area contributed by atoms with E-state index in [0.717, 1.165) is 45.4 Å². The minimum Gasteiger partial charge on any atom is -0.493 e. The number of rotatable bonds is 14. The molecule has 5 aromatic carbocycles. The number of sulfonamides is 1. The van der Waals surface area contributed by atoms with E-state index in [1.165, 1.54) is 12.1 Å². The normalized spacial score (nSPS) is 11.7. The molecular formula is C39H33ClF2N2O5S. The Balaban J connectivity index is 1.40. The molecule has 7 nitrogen and oxygen atoms in total. The van der Waals surface area contributed by atoms with Gasteiger partial charge in [0.15, 0.2) is 0 Å². The maximum atomic E-state index is 13.8. The van der Waals surface area contributed by atoms with Crippen LogP contribution in [0.25, 0.3) is 10.9 Å². The maximum Gasteiger partial charge on any atom is 0.335 e. The first-order valence-corrected chi connectivity index (χ1v) is 17.9. The third-order valence-corrected chi connectivity index (χ3v) is 9.95. The first-order chi connectivity index (χ1) is 24.1. The summed E-state index contributed by atoms with van der Waals surface area (Å²) < 4.78 is 64.8. The molecule has 0 aliphatic rings. The van der Waals surface area contributed by atoms with Gasteiger partial charge >= 0.3 is 5.97 Å². The van der Waals surface area contributed by atoms with Crippen LogP contribution in [-0.2, 0) is 28.6 Å². The van der Waals surface area contributed by atoms with Crippen molar-refractivity contribution in [1.29, 1.82) is 0 Å². The molecule has 0 saturated heterocycles. The molecule has 0 atom stereocenters. The second-order valence-electron chi connectivity index (χ2n) is 11.8. The van der Waals surface area contributed by atoms with Crippen molar-refractivity contribution in [3.63, 3.8) is 0 Å². The first-order valence-electron chi connectivity index (χ1n) is 15.9. The molecule has 0 unspecified atom stereocenters. The third-order valence-electron chi connectivity index (χ3n) is 8.36. The van der Waals surface area contributed by atoms with Crippen LogP contribution >= 0.6 is 11.6 Å². The summed E-state index contributed by atoms with van der Waals surface area (Å²) in [6.07, 6.45) is 0.688. The van der Waals surface area contributed by atoms with Gasteiger partial charge < -0.3 is 14.4 Å². The topological polar surface area (TPSA) is 97.6 Å². The lowest BCUT2D eigenvalue weighted by molar-refractivity contribution is 0.0696. The van der Waals surface area contributed by atoms with Crippen molar-refractivity contribution in [2.75, 3.05) is 13.2 Å². The Bertz CT molecular complexity index is 2170. The fourth-order valence-electron chi connectivity index (χ4n) is 6.27. The van der Waals surface area contributed by atoms with Gasteiger partial charge in [0.2, 0.25) is 10.0 Å². The molecule has 0 amide bonds. The van der Waals surface area contributed by atoms with Gasteiger partial charge in [0, 0.05) is 47.1 Å². The summed E-state index contributed by atoms with van der Waals surface area (Å²) in [5.41, 5.74) is 4.83. The van der Waals surface area contributed by atoms with Crippen LogP contribution < -0.4 is 9.46 Å². The highest BCUT2D eigenvalue weighted by atomic mass is 35.5. The van der Waals surface area contributed by atoms with Gasteiger partial charge in [-0.05, 0) is 76.9 Å². The Hall–Kier alpha value is -5.03. The lowest BCUT2D eigenvalue weighted by atomic mass is 9.97. The smallest absolute Gasteiger partial charge is 0.335 e. The van der Waals surface area contributed by atoms with E-state index in [4.69, 9.17) is 16.3 Å². The van der Waals surface area contributed by atoms with Gasteiger partial charge in [0.25, 0.3) is 0 Å². The molecule has 256 valence electrons. The summed E-state index contributed by atoms with van der Waals surface area (Å²) in [5.74, 6) is -2.81. The van der Waals surface area contributed by atoms with Crippen molar-refractivity contribution in [3.8, 4) is 5.75 Å². The minimum atomic E-state index is -3.97. The highest BCUT2D eigenvalue weighted by molar-refractivity contribution is 7.88. The molecule has 1 aromatic heterocycles. The highest BCUT2D eigenvalue weighted by Gasteiger charge is 2.26. The average Bonchev–Trinajstić information content (AvgIpc) is 3.37. The van der Waals surface area contributed by atoms with E-state index in [1.807, 2.05) is 78.9 Å². The number of hydrogen-bond donors (Lipinski definition) is 2. The molecule has 1 heterocycles. The Kier molecular flexibility index (Phi) is 10.6. The largest absolute Gasteiger partial charge is 0.493 e. The predicted molar refractivity (Wildman–Crippen MR) is 190 cm³/mol. The van der Waals surface area contributed by atoms with Gasteiger partial charge in [0.05, 0.1) is 24.0 Å². The van der Waals surface area contributed by atoms with Crippen LogP contribution in [0.3, 0.4) is 0 Å². The van der Waals surface area contributed by atoms with Crippen LogP contribution in [-0.4, -0.2) is 37.2 Å². The van der Waals surface area contributed by atoms with Crippen molar-refractivity contribution >= 4 is 38.5 Å². The number of fused-ring (bicyclic) bond motifs is 1. The minimum absolute atomic E-state index is 0.00111. The molecule has 11 heteroatoms. The SMILES string of the molecule is O=C(O)c1ccc(OCCc2c(CCNS(=O)(=O)Cc3cc(F)cc(F)c3)n(C(c3ccccc3)c3ccccc3)c3ccc(Cl)cc23)cc1. The second kappa shape index (κ2) is 15.2. The Labute approximate surface area is 293 Å². The van der Waals surface area contributed by atoms with Crippen molar-refractivity contribution in [1.82, 2.24) is 9.29 Å². The van der Waals surface area contributed by atoms with Gasteiger partial charge in [-0.15, -0.1) is 0 Å². The number of hydrogen-bond acceptors (Lipinski definition) is 4. The summed E-state index contributed by atoms with van der Waals surface area (Å²) in [5, 5.41) is 10.7. The summed E-state index contributed by atoms with van der Waals surface area (Å²) in [6.45, 7) is 0.244. The molecule has 0 radical (unpaired) electrons. The van der Waals surface area contributed by atoms with Crippen molar-refractivity contribution < 1.29 is 31.8 Å². The van der Waals surface area contributed by atoms with E-state index in [0.29, 0.717) is 23.3 Å². The molecule has 50 heavy (non-hydrogen) atoms. The zero-order chi connectivity index (χ0) is 35.3. The van der Waals surface area contributed by atoms with Gasteiger partial charge in [-0.25, -0.2) is 26.7 Å². The number of carboxylic acids is 1. The molecule has 6 rings (SSSR count). The lowest BCUT2D eigenvalue weighted by Gasteiger charge is -2.25. The molecule has 0 bridgehead atoms. The molecule has 6 aromatic rings. The highest BCUT2D eigenvalue weighted by Crippen LogP contribution is 2.38. The summed E-state index contributed by atoms with van der Waals surface area (Å²) in [7, 11) is -3.97. The molecule has 2 N–H and O–H groups in total. The Morgan fingerprint density at radius 1 is 0.820 bits per heavy atom. The number of benzene rings is 5. The molecule has 0 aliphatic carbocycles. The van der Waals surface area contributed by atoms with Crippen LogP contribution in [0.1, 0.15) is 44.3 Å². The second-order valence-corrected chi connectivity index (χ2v) is 14.0. The van der Waals surface area contributed by atoms with Gasteiger partial charge in [-0.1, -0.05) is 72.3 Å². The summed E-state index contributed by atoms with van der Waals surface area (Å²) in [4.78, 5) is 11.3. The van der Waals surface area contributed by atoms with E-state index in [-0.39, 0.29) is 36.7 Å². The van der Waals surface area contributed by atoms with Crippen LogP contribution in [0, 0.1) is 11.6 Å². The van der Waals surface area contributed by atoms with E-state index in [2.05, 4.69) is 9.29 Å². The summed E-state index contributed by atoms with van der Waals surface area (Å²) in [6, 6.07) is 34.2. The predicted octanol–water partition coefficient (Wildman–Crippen LogP) is 8.19. The van der Waals surface area contributed by atoms with E-state index in [9.17, 15) is 27.1 Å². The Morgan fingerprint density at radius 3 is 2.04 bits per heavy atom. The summed E-state index contributed by atoms with van der Waals surface area (Å²) >= 11 is 6.57. The zero-order valence-electron chi connectivity index (χ0n) is 26.7. The van der Waals surface area contributed by atoms with Crippen molar-refractivity contribution in [3.05, 3.63) is 171 Å². The molecule has 0 aliphatic heterocycles. The lowest BCUT2D eigenvalue weighted by Crippen LogP contribution is -2.28. The fraction of sp³-hybridized carbons (Fsp3) is 0.154. The van der Waals surface area contributed by atoms with Crippen LogP contribution in [0.2, 0.25) is 5.02 Å². The quantitative estimate of drug-likeness (QED) is 0.119. The van der Waals surface area contributed by atoms with Crippen molar-refractivity contribution in [2.45, 2.75) is 24.6 Å². The van der Waals surface area contributed by atoms with E-state index in [1.54, 1.807) is 12.1 Å². The number of halogens is 3. The average molecular weight is 715 g/mol. The van der Waals surface area contributed by atoms with Gasteiger partial charge in [-0.3, -0.25) is 0 Å². The van der Waals surface area contributed by atoms with E-state index >= 15 is 0 Å². The van der Waals surface area contributed by atoms with Gasteiger partial charge in [0.1, 0.15) is 17.4 Å². The van der Waals surface area contributed by atoms with Crippen LogP contribution in [0.15, 0.2) is 121 Å². The number of carbonyl (C=O) groups is 1. The monoisotopic (exact) mass is 714 g/mol. The third kappa shape index (κ3) is 8.22. The number of nitrogens with one attached hydrogen (secondary N) is 1. The van der Waals surface area contributed by atoms with Gasteiger partial charge in [-0.2, -0.15) is 0 Å². The maximum absolute atomic E-state index is 13.8. The van der Waals surface area contributed by atoms with Crippen LogP contribution in [0.4, 0.5) is 8.78 Å². The zero-order valence-corrected chi connectivity index (χ0v) is 28.3. The van der Waals surface area contributed by atoms with Crippen LogP contribution in [0.5, 0.6) is 5.75 Å². The number of ether oxygens (including phenoxy) is 1. The first kappa shape index (κ1) is 34.8. The van der Waals surface area contributed by atoms with E-state index < -0.39 is 33.4 Å². The molecule has 0 fully saturated rings. The molecule has 0 saturated carbocycles. The van der Waals surface area contributed by atoms with Crippen molar-refractivity contribution in [2.24, 2.45) is 0 Å². The standard InChI is InChI=1S/C39H33ClF2N2O5S/c40-30-13-16-36-35(23-30)34(18-20-49-33-14-11-29(12-15-33)39(45)46)37(17-19-43-50(47,48)25-26-21-31(41)24-32(42)22-26)44(36)38(27-7-3-1-4-8-27)28-9-5-2-6-10-28/h1-16,21-24,38,43H,17-20,25H2,(H,45,46). The molecule has 0 spiro atoms. The number of nitrogens with zero attached hydrogens (tertiary/aromatic N) is 1.